The quantitative estimate of drug-likeness (QED) is 0.610. The fraction of sp³-hybridized carbons (Fsp3) is 0.882. The molecule has 4 fully saturated rings. The number of hydrogen-bond acceptors (Lipinski definition) is 3. The Kier molecular flexibility index (Phi) is 4.07. The molecule has 4 aliphatic rings. The summed E-state index contributed by atoms with van der Waals surface area (Å²) in [5.41, 5.74) is -0.283. The van der Waals surface area contributed by atoms with Crippen LogP contribution in [0.4, 0.5) is 0 Å². The molecule has 5 atom stereocenters. The van der Waals surface area contributed by atoms with E-state index in [9.17, 15) is 9.59 Å². The Labute approximate surface area is 140 Å². The molecule has 0 aromatic carbocycles. The van der Waals surface area contributed by atoms with Gasteiger partial charge in [0.05, 0.1) is 12.5 Å². The molecule has 4 nitrogen and oxygen atoms in total. The smallest absolute Gasteiger partial charge is 0.328 e. The average molecular weight is 372 g/mol. The van der Waals surface area contributed by atoms with Crippen LogP contribution in [0.25, 0.3) is 0 Å². The Morgan fingerprint density at radius 1 is 1.18 bits per heavy atom. The van der Waals surface area contributed by atoms with Crippen LogP contribution in [0.2, 0.25) is 0 Å². The summed E-state index contributed by atoms with van der Waals surface area (Å²) in [6.45, 7) is 3.88. The van der Waals surface area contributed by atoms with Crippen molar-refractivity contribution in [1.82, 2.24) is 5.32 Å². The molecule has 124 valence electrons. The van der Waals surface area contributed by atoms with E-state index in [1.54, 1.807) is 0 Å². The van der Waals surface area contributed by atoms with E-state index in [1.807, 2.05) is 13.8 Å². The molecule has 0 saturated heterocycles. The highest BCUT2D eigenvalue weighted by Gasteiger charge is 2.60. The second-order valence-corrected chi connectivity index (χ2v) is 9.79. The number of ether oxygens (including phenoxy) is 1. The molecule has 4 rings (SSSR count). The summed E-state index contributed by atoms with van der Waals surface area (Å²) < 4.78 is 5.00. The van der Waals surface area contributed by atoms with Gasteiger partial charge < -0.3 is 10.1 Å². The third kappa shape index (κ3) is 2.70. The van der Waals surface area contributed by atoms with Crippen molar-refractivity contribution in [3.63, 3.8) is 0 Å². The SMILES string of the molecule is COC(=O)[C@@H](NC(=O)C12C[C@@H]3C[C@@H](CC(Br)(C3)C1)C2)C(C)C. The molecule has 22 heavy (non-hydrogen) atoms. The Morgan fingerprint density at radius 3 is 2.23 bits per heavy atom. The number of esters is 1. The fourth-order valence-electron chi connectivity index (χ4n) is 5.34. The van der Waals surface area contributed by atoms with Gasteiger partial charge in [-0.3, -0.25) is 4.79 Å². The molecule has 4 bridgehead atoms. The first-order valence-electron chi connectivity index (χ1n) is 8.35. The number of halogens is 1. The van der Waals surface area contributed by atoms with E-state index in [-0.39, 0.29) is 27.5 Å². The number of methoxy groups -OCH3 is 1. The summed E-state index contributed by atoms with van der Waals surface area (Å²) in [5, 5.41) is 3.01. The zero-order valence-electron chi connectivity index (χ0n) is 13.7. The molecule has 0 heterocycles. The lowest BCUT2D eigenvalue weighted by Gasteiger charge is -2.59. The molecule has 0 radical (unpaired) electrons. The molecule has 0 aromatic rings. The van der Waals surface area contributed by atoms with E-state index in [0.29, 0.717) is 11.8 Å². The highest BCUT2D eigenvalue weighted by Crippen LogP contribution is 2.64. The number of nitrogens with one attached hydrogen (secondary N) is 1. The van der Waals surface area contributed by atoms with E-state index < -0.39 is 6.04 Å². The fourth-order valence-corrected chi connectivity index (χ4v) is 6.79. The van der Waals surface area contributed by atoms with Crippen molar-refractivity contribution in [3.8, 4) is 0 Å². The zero-order chi connectivity index (χ0) is 16.1. The maximum absolute atomic E-state index is 13.0. The van der Waals surface area contributed by atoms with E-state index in [0.717, 1.165) is 19.3 Å². The van der Waals surface area contributed by atoms with Crippen LogP contribution in [0.1, 0.15) is 52.4 Å². The van der Waals surface area contributed by atoms with Gasteiger partial charge >= 0.3 is 5.97 Å². The van der Waals surface area contributed by atoms with Crippen LogP contribution >= 0.6 is 15.9 Å². The summed E-state index contributed by atoms with van der Waals surface area (Å²) in [4.78, 5) is 25.0. The molecule has 4 aliphatic carbocycles. The summed E-state index contributed by atoms with van der Waals surface area (Å²) in [6, 6.07) is -0.545. The molecular weight excluding hydrogens is 346 g/mol. The molecule has 0 spiro atoms. The third-order valence-corrected chi connectivity index (χ3v) is 6.81. The van der Waals surface area contributed by atoms with Gasteiger partial charge in [0.2, 0.25) is 5.91 Å². The van der Waals surface area contributed by atoms with Crippen LogP contribution in [0.3, 0.4) is 0 Å². The minimum absolute atomic E-state index is 0.0308. The standard InChI is InChI=1S/C17H26BrNO3/c1-10(2)13(14(20)22-3)19-15(21)16-5-11-4-12(6-16)8-17(18,7-11)9-16/h10-13H,4-9H2,1-3H3,(H,19,21)/t11-,12+,13-,16?,17?/m0/s1. The minimum Gasteiger partial charge on any atom is -0.467 e. The topological polar surface area (TPSA) is 55.4 Å². The van der Waals surface area contributed by atoms with E-state index in [4.69, 9.17) is 4.74 Å². The number of carbonyl (C=O) groups excluding carboxylic acids is 2. The number of rotatable bonds is 4. The van der Waals surface area contributed by atoms with Crippen molar-refractivity contribution >= 4 is 27.8 Å². The van der Waals surface area contributed by atoms with Crippen LogP contribution in [-0.2, 0) is 14.3 Å². The van der Waals surface area contributed by atoms with Crippen molar-refractivity contribution < 1.29 is 14.3 Å². The summed E-state index contributed by atoms with van der Waals surface area (Å²) >= 11 is 3.93. The lowest BCUT2D eigenvalue weighted by molar-refractivity contribution is -0.152. The van der Waals surface area contributed by atoms with Crippen LogP contribution in [0.5, 0.6) is 0 Å². The number of amides is 1. The molecular formula is C17H26BrNO3. The van der Waals surface area contributed by atoms with Crippen LogP contribution in [0.15, 0.2) is 0 Å². The molecule has 5 heteroatoms. The minimum atomic E-state index is -0.545. The Morgan fingerprint density at radius 2 is 1.77 bits per heavy atom. The van der Waals surface area contributed by atoms with Crippen molar-refractivity contribution in [2.24, 2.45) is 23.2 Å². The molecule has 2 unspecified atom stereocenters. The van der Waals surface area contributed by atoms with Gasteiger partial charge in [-0.15, -0.1) is 0 Å². The molecule has 1 amide bonds. The van der Waals surface area contributed by atoms with Gasteiger partial charge in [-0.25, -0.2) is 4.79 Å². The van der Waals surface area contributed by atoms with Crippen LogP contribution in [0, 0.1) is 23.2 Å². The van der Waals surface area contributed by atoms with Gasteiger partial charge in [0.25, 0.3) is 0 Å². The van der Waals surface area contributed by atoms with Crippen molar-refractivity contribution in [3.05, 3.63) is 0 Å². The van der Waals surface area contributed by atoms with E-state index >= 15 is 0 Å². The normalized spacial score (nSPS) is 40.6. The zero-order valence-corrected chi connectivity index (χ0v) is 15.2. The predicted octanol–water partition coefficient (Wildman–Crippen LogP) is 3.03. The lowest BCUT2D eigenvalue weighted by atomic mass is 9.49. The summed E-state index contributed by atoms with van der Waals surface area (Å²) in [7, 11) is 1.38. The van der Waals surface area contributed by atoms with Gasteiger partial charge in [0.1, 0.15) is 6.04 Å². The molecule has 4 saturated carbocycles. The predicted molar refractivity (Wildman–Crippen MR) is 87.6 cm³/mol. The van der Waals surface area contributed by atoms with Crippen molar-refractivity contribution in [2.45, 2.75) is 62.7 Å². The first kappa shape index (κ1) is 16.3. The second kappa shape index (κ2) is 5.50. The largest absolute Gasteiger partial charge is 0.467 e. The highest BCUT2D eigenvalue weighted by atomic mass is 79.9. The molecule has 1 N–H and O–H groups in total. The third-order valence-electron chi connectivity index (χ3n) is 5.88. The second-order valence-electron chi connectivity index (χ2n) is 8.11. The van der Waals surface area contributed by atoms with Crippen LogP contribution < -0.4 is 5.32 Å². The van der Waals surface area contributed by atoms with Gasteiger partial charge in [-0.2, -0.15) is 0 Å². The van der Waals surface area contributed by atoms with Gasteiger partial charge in [0, 0.05) is 4.32 Å². The van der Waals surface area contributed by atoms with Gasteiger partial charge in [0.15, 0.2) is 0 Å². The number of carbonyl (C=O) groups is 2. The summed E-state index contributed by atoms with van der Waals surface area (Å²) in [5.74, 6) is 1.06. The van der Waals surface area contributed by atoms with Gasteiger partial charge in [-0.05, 0) is 56.3 Å². The van der Waals surface area contributed by atoms with Crippen LogP contribution in [-0.4, -0.2) is 29.4 Å². The van der Waals surface area contributed by atoms with Crippen molar-refractivity contribution in [2.75, 3.05) is 7.11 Å². The monoisotopic (exact) mass is 371 g/mol. The van der Waals surface area contributed by atoms with E-state index in [1.165, 1.54) is 26.4 Å². The summed E-state index contributed by atoms with van der Waals surface area (Å²) in [6.07, 6.45) is 6.54. The van der Waals surface area contributed by atoms with Gasteiger partial charge in [-0.1, -0.05) is 29.8 Å². The number of hydrogen-bond donors (Lipinski definition) is 1. The average Bonchev–Trinajstić information content (AvgIpc) is 2.40. The maximum Gasteiger partial charge on any atom is 0.328 e. The molecule has 0 aliphatic heterocycles. The highest BCUT2D eigenvalue weighted by molar-refractivity contribution is 9.10. The van der Waals surface area contributed by atoms with E-state index in [2.05, 4.69) is 21.2 Å². The van der Waals surface area contributed by atoms with Crippen molar-refractivity contribution in [1.29, 1.82) is 0 Å². The lowest BCUT2D eigenvalue weighted by Crippen LogP contribution is -2.60. The Hall–Kier alpha value is -0.580. The Balaban J connectivity index is 1.78. The Bertz CT molecular complexity index is 476. The number of alkyl halides is 1. The maximum atomic E-state index is 13.0. The first-order valence-corrected chi connectivity index (χ1v) is 9.14. The molecule has 0 aromatic heterocycles. The first-order chi connectivity index (χ1) is 10.3.